The molecule has 0 spiro atoms. The van der Waals surface area contributed by atoms with Crippen LogP contribution in [0.2, 0.25) is 0 Å². The van der Waals surface area contributed by atoms with Crippen LogP contribution in [0.15, 0.2) is 12.7 Å². The van der Waals surface area contributed by atoms with E-state index in [4.69, 9.17) is 0 Å². The lowest BCUT2D eigenvalue weighted by Crippen LogP contribution is -2.41. The van der Waals surface area contributed by atoms with Crippen molar-refractivity contribution in [2.75, 3.05) is 0 Å². The third kappa shape index (κ3) is 2.88. The molecular weight excluding hydrogens is 217 g/mol. The second kappa shape index (κ2) is 4.18. The summed E-state index contributed by atoms with van der Waals surface area (Å²) >= 11 is 0. The monoisotopic (exact) mass is 224 g/mol. The van der Waals surface area contributed by atoms with E-state index in [1.54, 1.807) is 0 Å². The Morgan fingerprint density at radius 2 is 1.50 bits per heavy atom. The SMILES string of the molecule is C=CC(F)(F)C(F)(F)CC(F)C(F)F. The van der Waals surface area contributed by atoms with Crippen molar-refractivity contribution in [1.29, 1.82) is 0 Å². The molecule has 14 heavy (non-hydrogen) atoms. The predicted octanol–water partition coefficient (Wildman–Crippen LogP) is 3.44. The molecule has 0 radical (unpaired) electrons. The van der Waals surface area contributed by atoms with E-state index in [-0.39, 0.29) is 0 Å². The Bertz CT molecular complexity index is 198. The molecule has 0 aromatic rings. The number of hydrogen-bond acceptors (Lipinski definition) is 0. The zero-order valence-electron chi connectivity index (χ0n) is 6.79. The fraction of sp³-hybridized carbons (Fsp3) is 0.714. The van der Waals surface area contributed by atoms with E-state index < -0.39 is 36.9 Å². The van der Waals surface area contributed by atoms with Crippen molar-refractivity contribution < 1.29 is 30.7 Å². The highest BCUT2D eigenvalue weighted by molar-refractivity contribution is 4.99. The summed E-state index contributed by atoms with van der Waals surface area (Å²) in [6.45, 7) is 2.41. The molecule has 84 valence electrons. The molecule has 0 aromatic carbocycles. The average molecular weight is 224 g/mol. The van der Waals surface area contributed by atoms with Crippen molar-refractivity contribution in [2.45, 2.75) is 30.9 Å². The van der Waals surface area contributed by atoms with Gasteiger partial charge in [-0.15, -0.1) is 0 Å². The third-order valence-corrected chi connectivity index (χ3v) is 1.47. The zero-order chi connectivity index (χ0) is 11.6. The van der Waals surface area contributed by atoms with E-state index in [0.29, 0.717) is 0 Å². The van der Waals surface area contributed by atoms with Gasteiger partial charge in [0.05, 0.1) is 6.42 Å². The summed E-state index contributed by atoms with van der Waals surface area (Å²) in [7, 11) is 0. The molecule has 0 saturated carbocycles. The van der Waals surface area contributed by atoms with E-state index in [1.807, 2.05) is 0 Å². The number of rotatable bonds is 5. The predicted molar refractivity (Wildman–Crippen MR) is 35.6 cm³/mol. The van der Waals surface area contributed by atoms with Gasteiger partial charge in [-0.1, -0.05) is 6.58 Å². The summed E-state index contributed by atoms with van der Waals surface area (Å²) in [6, 6.07) is 0. The standard InChI is InChI=1S/C7H7F7/c1-2-6(11,12)7(13,14)3-4(8)5(9)10/h2,4-5H,1,3H2. The van der Waals surface area contributed by atoms with Gasteiger partial charge in [0.1, 0.15) is 0 Å². The van der Waals surface area contributed by atoms with Crippen molar-refractivity contribution in [3.05, 3.63) is 12.7 Å². The molecule has 0 fully saturated rings. The maximum absolute atomic E-state index is 12.4. The molecule has 0 aromatic heterocycles. The Kier molecular flexibility index (Phi) is 3.96. The maximum atomic E-state index is 12.4. The first-order valence-corrected chi connectivity index (χ1v) is 3.45. The molecule has 0 N–H and O–H groups in total. The molecule has 0 heterocycles. The molecule has 0 nitrogen and oxygen atoms in total. The van der Waals surface area contributed by atoms with Gasteiger partial charge in [0.15, 0.2) is 6.17 Å². The van der Waals surface area contributed by atoms with Crippen LogP contribution >= 0.6 is 0 Å². The molecule has 0 aliphatic heterocycles. The van der Waals surface area contributed by atoms with Crippen molar-refractivity contribution >= 4 is 0 Å². The number of halogens is 7. The first kappa shape index (κ1) is 13.2. The van der Waals surface area contributed by atoms with Crippen LogP contribution in [0, 0.1) is 0 Å². The van der Waals surface area contributed by atoms with Crippen LogP contribution in [-0.2, 0) is 0 Å². The molecule has 0 amide bonds. The summed E-state index contributed by atoms with van der Waals surface area (Å²) in [5.74, 6) is -9.54. The molecule has 1 atom stereocenters. The van der Waals surface area contributed by atoms with Gasteiger partial charge in [-0.05, 0) is 6.08 Å². The van der Waals surface area contributed by atoms with E-state index in [2.05, 4.69) is 6.58 Å². The quantitative estimate of drug-likeness (QED) is 0.495. The molecule has 0 bridgehead atoms. The van der Waals surface area contributed by atoms with Crippen molar-refractivity contribution in [1.82, 2.24) is 0 Å². The first-order valence-electron chi connectivity index (χ1n) is 3.45. The van der Waals surface area contributed by atoms with Gasteiger partial charge in [0, 0.05) is 0 Å². The Morgan fingerprint density at radius 1 is 1.07 bits per heavy atom. The van der Waals surface area contributed by atoms with Gasteiger partial charge >= 0.3 is 11.8 Å². The summed E-state index contributed by atoms with van der Waals surface area (Å²) in [6.07, 6.45) is -9.62. The third-order valence-electron chi connectivity index (χ3n) is 1.47. The highest BCUT2D eigenvalue weighted by Gasteiger charge is 2.55. The second-order valence-corrected chi connectivity index (χ2v) is 2.59. The summed E-state index contributed by atoms with van der Waals surface area (Å²) in [4.78, 5) is 0. The van der Waals surface area contributed by atoms with E-state index in [9.17, 15) is 30.7 Å². The van der Waals surface area contributed by atoms with Crippen LogP contribution in [0.1, 0.15) is 6.42 Å². The zero-order valence-corrected chi connectivity index (χ0v) is 6.79. The van der Waals surface area contributed by atoms with E-state index in [1.165, 1.54) is 0 Å². The smallest absolute Gasteiger partial charge is 0.241 e. The largest absolute Gasteiger partial charge is 0.328 e. The summed E-state index contributed by atoms with van der Waals surface area (Å²) < 4.78 is 84.4. The molecule has 0 saturated heterocycles. The number of alkyl halides is 7. The van der Waals surface area contributed by atoms with Gasteiger partial charge in [-0.25, -0.2) is 13.2 Å². The fourth-order valence-electron chi connectivity index (χ4n) is 0.619. The Morgan fingerprint density at radius 3 is 1.79 bits per heavy atom. The highest BCUT2D eigenvalue weighted by Crippen LogP contribution is 2.39. The minimum absolute atomic E-state index is 0.398. The van der Waals surface area contributed by atoms with Crippen LogP contribution in [0.25, 0.3) is 0 Å². The van der Waals surface area contributed by atoms with Gasteiger partial charge in [-0.3, -0.25) is 0 Å². The van der Waals surface area contributed by atoms with Crippen LogP contribution in [0.5, 0.6) is 0 Å². The van der Waals surface area contributed by atoms with Crippen LogP contribution in [0.3, 0.4) is 0 Å². The van der Waals surface area contributed by atoms with Gasteiger partial charge in [0.25, 0.3) is 6.43 Å². The topological polar surface area (TPSA) is 0 Å². The van der Waals surface area contributed by atoms with E-state index in [0.717, 1.165) is 0 Å². The van der Waals surface area contributed by atoms with Crippen molar-refractivity contribution in [2.24, 2.45) is 0 Å². The lowest BCUT2D eigenvalue weighted by molar-refractivity contribution is -0.196. The van der Waals surface area contributed by atoms with Gasteiger partial charge in [0.2, 0.25) is 0 Å². The van der Waals surface area contributed by atoms with Crippen LogP contribution < -0.4 is 0 Å². The molecule has 7 heteroatoms. The lowest BCUT2D eigenvalue weighted by Gasteiger charge is -2.24. The van der Waals surface area contributed by atoms with E-state index >= 15 is 0 Å². The maximum Gasteiger partial charge on any atom is 0.328 e. The number of hydrogen-bond donors (Lipinski definition) is 0. The molecule has 1 unspecified atom stereocenters. The van der Waals surface area contributed by atoms with Crippen molar-refractivity contribution in [3.8, 4) is 0 Å². The Hall–Kier alpha value is -0.750. The minimum Gasteiger partial charge on any atom is -0.241 e. The highest BCUT2D eigenvalue weighted by atomic mass is 19.3. The Balaban J connectivity index is 4.56. The fourth-order valence-corrected chi connectivity index (χ4v) is 0.619. The number of allylic oxidation sites excluding steroid dienone is 1. The van der Waals surface area contributed by atoms with Crippen molar-refractivity contribution in [3.63, 3.8) is 0 Å². The lowest BCUT2D eigenvalue weighted by atomic mass is 10.1. The minimum atomic E-state index is -4.86. The normalized spacial score (nSPS) is 15.7. The molecular formula is C7H7F7. The first-order chi connectivity index (χ1) is 6.14. The van der Waals surface area contributed by atoms with Gasteiger partial charge in [-0.2, -0.15) is 17.6 Å². The van der Waals surface area contributed by atoms with Gasteiger partial charge < -0.3 is 0 Å². The Labute approximate surface area is 75.4 Å². The summed E-state index contributed by atoms with van der Waals surface area (Å²) in [5.41, 5.74) is 0. The summed E-state index contributed by atoms with van der Waals surface area (Å²) in [5, 5.41) is 0. The van der Waals surface area contributed by atoms with Crippen LogP contribution in [-0.4, -0.2) is 24.4 Å². The second-order valence-electron chi connectivity index (χ2n) is 2.59. The molecule has 0 rings (SSSR count). The molecule has 0 aliphatic carbocycles. The average Bonchev–Trinajstić information content (AvgIpc) is 2.03. The van der Waals surface area contributed by atoms with Crippen LogP contribution in [0.4, 0.5) is 30.7 Å². The molecule has 0 aliphatic rings.